The largest absolute Gasteiger partial charge is 0.481 e. The van der Waals surface area contributed by atoms with Crippen molar-refractivity contribution in [1.29, 1.82) is 0 Å². The summed E-state index contributed by atoms with van der Waals surface area (Å²) in [5.41, 5.74) is 0.913. The minimum Gasteiger partial charge on any atom is -0.481 e. The van der Waals surface area contributed by atoms with Crippen LogP contribution >= 0.6 is 0 Å². The molecule has 1 N–H and O–H groups in total. The number of carbonyl (C=O) groups is 3. The molecule has 0 bridgehead atoms. The van der Waals surface area contributed by atoms with Gasteiger partial charge in [0.1, 0.15) is 0 Å². The van der Waals surface area contributed by atoms with Crippen molar-refractivity contribution in [3.63, 3.8) is 0 Å². The number of carbonyl (C=O) groups excluding carboxylic acids is 2. The third kappa shape index (κ3) is 10.5. The van der Waals surface area contributed by atoms with Crippen LogP contribution in [0, 0.1) is 0 Å². The van der Waals surface area contributed by atoms with Gasteiger partial charge >= 0.3 is 98.3 Å². The second kappa shape index (κ2) is 17.2. The first-order valence-electron chi connectivity index (χ1n) is 12.5. The minimum atomic E-state index is -0.839. The van der Waals surface area contributed by atoms with E-state index in [0.29, 0.717) is 36.9 Å². The summed E-state index contributed by atoms with van der Waals surface area (Å²) in [7, 11) is 0. The number of hydrogen-bond donors (Lipinski definition) is 1. The molecule has 5 nitrogen and oxygen atoms in total. The van der Waals surface area contributed by atoms with Crippen LogP contribution in [0.15, 0.2) is 24.3 Å². The van der Waals surface area contributed by atoms with Crippen molar-refractivity contribution in [2.45, 2.75) is 98.3 Å². The molecule has 0 fully saturated rings. The third-order valence-electron chi connectivity index (χ3n) is 5.80. The van der Waals surface area contributed by atoms with Crippen molar-refractivity contribution in [2.75, 3.05) is 6.54 Å². The van der Waals surface area contributed by atoms with Gasteiger partial charge in [0.15, 0.2) is 0 Å². The van der Waals surface area contributed by atoms with E-state index in [9.17, 15) is 14.4 Å². The average Bonchev–Trinajstić information content (AvgIpc) is 3.03. The van der Waals surface area contributed by atoms with E-state index in [4.69, 9.17) is 5.11 Å². The maximum Gasteiger partial charge on any atom is 0.303 e. The molecule has 179 valence electrons. The van der Waals surface area contributed by atoms with Crippen molar-refractivity contribution in [3.8, 4) is 0 Å². The summed E-state index contributed by atoms with van der Waals surface area (Å²) < 4.78 is 5.04. The molecule has 1 aliphatic rings. The van der Waals surface area contributed by atoms with Gasteiger partial charge in [0.05, 0.1) is 11.1 Å². The van der Waals surface area contributed by atoms with Gasteiger partial charge < -0.3 is 5.11 Å². The van der Waals surface area contributed by atoms with Gasteiger partial charge in [0.25, 0.3) is 11.8 Å². The van der Waals surface area contributed by atoms with Gasteiger partial charge in [-0.1, -0.05) is 18.6 Å². The van der Waals surface area contributed by atoms with Crippen LogP contribution in [0.2, 0.25) is 13.3 Å². The van der Waals surface area contributed by atoms with Crippen LogP contribution in [0.1, 0.15) is 106 Å². The fraction of sp³-hybridized carbons (Fsp3) is 0.654. The van der Waals surface area contributed by atoms with Crippen LogP contribution in [0.4, 0.5) is 0 Å². The molecule has 2 rings (SSSR count). The van der Waals surface area contributed by atoms with Gasteiger partial charge in [-0.25, -0.2) is 0 Å². The molecule has 1 aliphatic heterocycles. The van der Waals surface area contributed by atoms with Crippen molar-refractivity contribution >= 4 is 37.5 Å². The minimum absolute atomic E-state index is 0.127. The summed E-state index contributed by atoms with van der Waals surface area (Å²) in [6.07, 6.45) is 10.9. The van der Waals surface area contributed by atoms with E-state index in [-0.39, 0.29) is 18.2 Å². The number of carboxylic acids is 1. The molecule has 1 heterocycles. The van der Waals surface area contributed by atoms with E-state index in [1.807, 2.05) is 0 Å². The molecule has 0 aromatic heterocycles. The zero-order valence-electron chi connectivity index (χ0n) is 20.3. The maximum absolute atomic E-state index is 12.0. The number of benzene rings is 1. The van der Waals surface area contributed by atoms with E-state index in [2.05, 4.69) is 20.8 Å². The molecule has 0 unspecified atom stereocenters. The molecule has 0 atom stereocenters. The molecule has 0 aliphatic carbocycles. The SMILES string of the molecule is CCC[CH2][Sn]([CH2]CCC)[CH2]CCC.O=C(O)CCCCCN1C(=O)c2ccccc2C1=O. The first kappa shape index (κ1) is 28.7. The van der Waals surface area contributed by atoms with Gasteiger partial charge in [0, 0.05) is 13.0 Å². The zero-order chi connectivity index (χ0) is 23.8. The summed E-state index contributed by atoms with van der Waals surface area (Å²) in [6.45, 7) is 7.35. The van der Waals surface area contributed by atoms with Crippen molar-refractivity contribution in [2.24, 2.45) is 0 Å². The van der Waals surface area contributed by atoms with Crippen molar-refractivity contribution in [1.82, 2.24) is 4.90 Å². The van der Waals surface area contributed by atoms with Crippen molar-refractivity contribution < 1.29 is 19.5 Å². The zero-order valence-corrected chi connectivity index (χ0v) is 23.2. The van der Waals surface area contributed by atoms with Gasteiger partial charge in [-0.3, -0.25) is 19.3 Å². The molecular formula is C26H42NO4Sn. The standard InChI is InChI=1S/C14H15NO4.3C4H9.Sn/c16-12(17)8-2-1-5-9-15-13(18)10-6-3-4-7-11(10)14(15)19;3*1-3-4-2;/h3-4,6-7H,1-2,5,8-9H2,(H,16,17);3*1,3-4H2,2H3;. The average molecular weight is 551 g/mol. The Morgan fingerprint density at radius 1 is 0.781 bits per heavy atom. The Hall–Kier alpha value is -1.37. The summed E-state index contributed by atoms with van der Waals surface area (Å²) in [4.78, 5) is 35.6. The quantitative estimate of drug-likeness (QED) is 0.148. The monoisotopic (exact) mass is 552 g/mol. The normalized spacial score (nSPS) is 12.7. The van der Waals surface area contributed by atoms with Crippen LogP contribution in [0.25, 0.3) is 0 Å². The van der Waals surface area contributed by atoms with Gasteiger partial charge in [0.2, 0.25) is 0 Å². The van der Waals surface area contributed by atoms with E-state index in [1.165, 1.54) is 43.4 Å². The molecule has 0 spiro atoms. The molecule has 0 saturated heterocycles. The molecular weight excluding hydrogens is 509 g/mol. The van der Waals surface area contributed by atoms with E-state index >= 15 is 0 Å². The number of rotatable bonds is 15. The number of imide groups is 1. The van der Waals surface area contributed by atoms with E-state index < -0.39 is 25.7 Å². The first-order chi connectivity index (χ1) is 15.5. The van der Waals surface area contributed by atoms with Gasteiger partial charge in [-0.05, 0) is 25.0 Å². The molecule has 6 heteroatoms. The Labute approximate surface area is 201 Å². The number of amides is 2. The van der Waals surface area contributed by atoms with Crippen LogP contribution in [0.5, 0.6) is 0 Å². The predicted molar refractivity (Wildman–Crippen MR) is 133 cm³/mol. The van der Waals surface area contributed by atoms with Crippen LogP contribution < -0.4 is 0 Å². The summed E-state index contributed by atoms with van der Waals surface area (Å²) in [5, 5.41) is 8.51. The number of unbranched alkanes of at least 4 members (excludes halogenated alkanes) is 5. The molecule has 2 amide bonds. The Morgan fingerprint density at radius 3 is 1.66 bits per heavy atom. The number of hydrogen-bond acceptors (Lipinski definition) is 3. The number of carboxylic acid groups (broad SMARTS) is 1. The van der Waals surface area contributed by atoms with E-state index in [1.54, 1.807) is 37.6 Å². The van der Waals surface area contributed by atoms with Crippen LogP contribution in [-0.2, 0) is 4.79 Å². The van der Waals surface area contributed by atoms with Gasteiger partial charge in [-0.2, -0.15) is 0 Å². The predicted octanol–water partition coefficient (Wildman–Crippen LogP) is 6.81. The van der Waals surface area contributed by atoms with Gasteiger partial charge in [-0.15, -0.1) is 0 Å². The molecule has 1 aromatic rings. The third-order valence-corrected chi connectivity index (χ3v) is 14.9. The number of nitrogens with zero attached hydrogens (tertiary/aromatic N) is 1. The van der Waals surface area contributed by atoms with E-state index in [0.717, 1.165) is 0 Å². The smallest absolute Gasteiger partial charge is 0.303 e. The molecule has 32 heavy (non-hydrogen) atoms. The molecule has 0 saturated carbocycles. The fourth-order valence-corrected chi connectivity index (χ4v) is 13.3. The van der Waals surface area contributed by atoms with Crippen molar-refractivity contribution in [3.05, 3.63) is 35.4 Å². The summed E-state index contributed by atoms with van der Waals surface area (Å²) in [6, 6.07) is 6.78. The van der Waals surface area contributed by atoms with Crippen LogP contribution in [-0.4, -0.2) is 54.1 Å². The summed E-state index contributed by atoms with van der Waals surface area (Å²) in [5.74, 6) is -1.32. The maximum atomic E-state index is 12.0. The summed E-state index contributed by atoms with van der Waals surface area (Å²) >= 11 is -0.839. The fourth-order valence-electron chi connectivity index (χ4n) is 3.82. The Balaban J connectivity index is 0.000000347. The number of aliphatic carboxylic acids is 1. The second-order valence-corrected chi connectivity index (χ2v) is 17.1. The molecule has 1 aromatic carbocycles. The molecule has 1 radical (unpaired) electrons. The number of fused-ring (bicyclic) bond motifs is 1. The topological polar surface area (TPSA) is 74.7 Å². The Bertz CT molecular complexity index is 653. The first-order valence-corrected chi connectivity index (χ1v) is 18.5. The Morgan fingerprint density at radius 2 is 1.25 bits per heavy atom. The Kier molecular flexibility index (Phi) is 15.4. The second-order valence-electron chi connectivity index (χ2n) is 8.57. The van der Waals surface area contributed by atoms with Crippen LogP contribution in [0.3, 0.4) is 0 Å².